The van der Waals surface area contributed by atoms with E-state index in [0.29, 0.717) is 11.6 Å². The first-order valence-corrected chi connectivity index (χ1v) is 9.20. The highest BCUT2D eigenvalue weighted by Gasteiger charge is 2.19. The largest absolute Gasteiger partial charge is 0.354 e. The van der Waals surface area contributed by atoms with Gasteiger partial charge in [0.15, 0.2) is 0 Å². The third-order valence-electron chi connectivity index (χ3n) is 3.90. The summed E-state index contributed by atoms with van der Waals surface area (Å²) >= 11 is 8.12. The number of nitrogens with one attached hydrogen (secondary N) is 1. The molecule has 0 spiro atoms. The van der Waals surface area contributed by atoms with Crippen LogP contribution in [0, 0.1) is 3.57 Å². The van der Waals surface area contributed by atoms with Gasteiger partial charge in [0, 0.05) is 41.6 Å². The molecule has 2 heterocycles. The molecule has 0 unspecified atom stereocenters. The number of anilines is 2. The monoisotopic (exact) mass is 456 g/mol. The lowest BCUT2D eigenvalue weighted by Gasteiger charge is -2.35. The molecule has 5 nitrogen and oxygen atoms in total. The lowest BCUT2D eigenvalue weighted by atomic mass is 10.3. The van der Waals surface area contributed by atoms with E-state index in [1.54, 1.807) is 6.20 Å². The zero-order valence-corrected chi connectivity index (χ0v) is 16.0. The van der Waals surface area contributed by atoms with Gasteiger partial charge < -0.3 is 10.2 Å². The van der Waals surface area contributed by atoms with Gasteiger partial charge in [-0.3, -0.25) is 9.69 Å². The van der Waals surface area contributed by atoms with E-state index in [4.69, 9.17) is 11.6 Å². The third kappa shape index (κ3) is 4.81. The van der Waals surface area contributed by atoms with E-state index < -0.39 is 0 Å². The number of rotatable bonds is 4. The van der Waals surface area contributed by atoms with Gasteiger partial charge in [0.05, 0.1) is 11.6 Å². The summed E-state index contributed by atoms with van der Waals surface area (Å²) in [6.45, 7) is 3.79. The number of pyridine rings is 1. The maximum atomic E-state index is 12.2. The van der Waals surface area contributed by atoms with E-state index in [1.165, 1.54) is 0 Å². The Bertz CT molecular complexity index is 685. The van der Waals surface area contributed by atoms with Gasteiger partial charge in [0.25, 0.3) is 0 Å². The van der Waals surface area contributed by atoms with Crippen LogP contribution in [-0.2, 0) is 4.79 Å². The number of hydrogen-bond donors (Lipinski definition) is 1. The molecule has 0 radical (unpaired) electrons. The van der Waals surface area contributed by atoms with Gasteiger partial charge in [-0.25, -0.2) is 4.98 Å². The molecule has 1 aromatic heterocycles. The fraction of sp³-hybridized carbons (Fsp3) is 0.294. The molecule has 24 heavy (non-hydrogen) atoms. The smallest absolute Gasteiger partial charge is 0.238 e. The number of hydrogen-bond acceptors (Lipinski definition) is 4. The summed E-state index contributed by atoms with van der Waals surface area (Å²) < 4.78 is 1.15. The molecule has 1 aliphatic rings. The van der Waals surface area contributed by atoms with Crippen LogP contribution in [0.1, 0.15) is 0 Å². The molecule has 1 aliphatic heterocycles. The Morgan fingerprint density at radius 1 is 1.12 bits per heavy atom. The Morgan fingerprint density at radius 3 is 2.46 bits per heavy atom. The van der Waals surface area contributed by atoms with E-state index >= 15 is 0 Å². The van der Waals surface area contributed by atoms with Crippen LogP contribution in [-0.4, -0.2) is 48.5 Å². The topological polar surface area (TPSA) is 48.5 Å². The summed E-state index contributed by atoms with van der Waals surface area (Å²) in [5, 5.41) is 3.58. The lowest BCUT2D eigenvalue weighted by molar-refractivity contribution is -0.117. The molecule has 1 aromatic carbocycles. The highest BCUT2D eigenvalue weighted by Crippen LogP contribution is 2.16. The van der Waals surface area contributed by atoms with E-state index in [0.717, 1.165) is 41.3 Å². The quantitative estimate of drug-likeness (QED) is 0.719. The van der Waals surface area contributed by atoms with Crippen molar-refractivity contribution >= 4 is 51.6 Å². The highest BCUT2D eigenvalue weighted by atomic mass is 127. The van der Waals surface area contributed by atoms with Crippen molar-refractivity contribution in [1.29, 1.82) is 0 Å². The van der Waals surface area contributed by atoms with Crippen molar-refractivity contribution in [3.63, 3.8) is 0 Å². The van der Waals surface area contributed by atoms with Gasteiger partial charge in [0.1, 0.15) is 5.82 Å². The summed E-state index contributed by atoms with van der Waals surface area (Å²) in [5.74, 6) is 0.955. The van der Waals surface area contributed by atoms with Gasteiger partial charge in [-0.05, 0) is 59.0 Å². The van der Waals surface area contributed by atoms with Crippen LogP contribution < -0.4 is 10.2 Å². The zero-order valence-electron chi connectivity index (χ0n) is 13.1. The van der Waals surface area contributed by atoms with Gasteiger partial charge in [-0.1, -0.05) is 11.6 Å². The van der Waals surface area contributed by atoms with E-state index in [2.05, 4.69) is 42.7 Å². The first-order valence-electron chi connectivity index (χ1n) is 7.74. The minimum atomic E-state index is 0.0225. The predicted molar refractivity (Wildman–Crippen MR) is 106 cm³/mol. The number of nitrogens with zero attached hydrogens (tertiary/aromatic N) is 3. The zero-order chi connectivity index (χ0) is 16.9. The van der Waals surface area contributed by atoms with Crippen molar-refractivity contribution in [3.05, 3.63) is 51.2 Å². The first-order chi connectivity index (χ1) is 11.6. The molecule has 2 aromatic rings. The fourth-order valence-corrected chi connectivity index (χ4v) is 3.10. The first kappa shape index (κ1) is 17.4. The Labute approximate surface area is 160 Å². The minimum Gasteiger partial charge on any atom is -0.354 e. The molecule has 0 atom stereocenters. The van der Waals surface area contributed by atoms with Crippen molar-refractivity contribution in [2.45, 2.75) is 0 Å². The molecular formula is C17H18ClIN4O. The molecule has 1 saturated heterocycles. The van der Waals surface area contributed by atoms with Crippen LogP contribution in [0.5, 0.6) is 0 Å². The Morgan fingerprint density at radius 2 is 1.83 bits per heavy atom. The molecule has 7 heteroatoms. The fourth-order valence-electron chi connectivity index (χ4n) is 2.63. The van der Waals surface area contributed by atoms with Crippen LogP contribution in [0.3, 0.4) is 0 Å². The number of amides is 1. The van der Waals surface area contributed by atoms with E-state index in [9.17, 15) is 4.79 Å². The van der Waals surface area contributed by atoms with Crippen molar-refractivity contribution in [1.82, 2.24) is 9.88 Å². The van der Waals surface area contributed by atoms with Gasteiger partial charge in [-0.15, -0.1) is 0 Å². The van der Waals surface area contributed by atoms with Crippen molar-refractivity contribution in [3.8, 4) is 0 Å². The Hall–Kier alpha value is -1.38. The Kier molecular flexibility index (Phi) is 5.91. The summed E-state index contributed by atoms with van der Waals surface area (Å²) in [6.07, 6.45) is 1.66. The molecule has 1 N–H and O–H groups in total. The van der Waals surface area contributed by atoms with Crippen molar-refractivity contribution < 1.29 is 4.79 Å². The average Bonchev–Trinajstić information content (AvgIpc) is 2.58. The molecule has 0 saturated carbocycles. The van der Waals surface area contributed by atoms with Crippen LogP contribution in [0.2, 0.25) is 5.02 Å². The van der Waals surface area contributed by atoms with Gasteiger partial charge in [0.2, 0.25) is 5.91 Å². The maximum absolute atomic E-state index is 12.2. The molecule has 0 bridgehead atoms. The third-order valence-corrected chi connectivity index (χ3v) is 4.85. The summed E-state index contributed by atoms with van der Waals surface area (Å²) in [5.41, 5.74) is 0.837. The SMILES string of the molecule is O=C(CN1CCN(c2ccc(Cl)cn2)CC1)Nc1ccc(I)cc1. The molecular weight excluding hydrogens is 439 g/mol. The maximum Gasteiger partial charge on any atom is 0.238 e. The molecule has 1 fully saturated rings. The second-order valence-electron chi connectivity index (χ2n) is 5.65. The summed E-state index contributed by atoms with van der Waals surface area (Å²) in [7, 11) is 0. The van der Waals surface area contributed by atoms with Gasteiger partial charge in [-0.2, -0.15) is 0 Å². The van der Waals surface area contributed by atoms with Gasteiger partial charge >= 0.3 is 0 Å². The molecule has 1 amide bonds. The van der Waals surface area contributed by atoms with E-state index in [-0.39, 0.29) is 5.91 Å². The number of piperazine rings is 1. The van der Waals surface area contributed by atoms with Crippen LogP contribution in [0.4, 0.5) is 11.5 Å². The average molecular weight is 457 g/mol. The molecule has 126 valence electrons. The summed E-state index contributed by atoms with van der Waals surface area (Å²) in [4.78, 5) is 20.9. The van der Waals surface area contributed by atoms with Crippen molar-refractivity contribution in [2.24, 2.45) is 0 Å². The Balaban J connectivity index is 1.47. The normalized spacial score (nSPS) is 15.3. The predicted octanol–water partition coefficient (Wildman–Crippen LogP) is 3.10. The number of carbonyl (C=O) groups excluding carboxylic acids is 1. The lowest BCUT2D eigenvalue weighted by Crippen LogP contribution is -2.48. The number of aromatic nitrogens is 1. The number of halogens is 2. The van der Waals surface area contributed by atoms with Crippen LogP contribution in [0.25, 0.3) is 0 Å². The van der Waals surface area contributed by atoms with Crippen LogP contribution >= 0.6 is 34.2 Å². The molecule has 3 rings (SSSR count). The second kappa shape index (κ2) is 8.13. The second-order valence-corrected chi connectivity index (χ2v) is 7.33. The summed E-state index contributed by atoms with van der Waals surface area (Å²) in [6, 6.07) is 11.6. The van der Waals surface area contributed by atoms with Crippen molar-refractivity contribution in [2.75, 3.05) is 42.9 Å². The van der Waals surface area contributed by atoms with Crippen LogP contribution in [0.15, 0.2) is 42.6 Å². The minimum absolute atomic E-state index is 0.0225. The van der Waals surface area contributed by atoms with E-state index in [1.807, 2.05) is 36.4 Å². The highest BCUT2D eigenvalue weighted by molar-refractivity contribution is 14.1. The number of benzene rings is 1. The molecule has 0 aliphatic carbocycles. The standard InChI is InChI=1S/C17H18ClIN4O/c18-13-1-6-16(20-11-13)23-9-7-22(8-10-23)12-17(24)21-15-4-2-14(19)3-5-15/h1-6,11H,7-10,12H2,(H,21,24). The number of carbonyl (C=O) groups is 1.